The summed E-state index contributed by atoms with van der Waals surface area (Å²) in [5.41, 5.74) is 7.04. The third-order valence-electron chi connectivity index (χ3n) is 6.82. The van der Waals surface area contributed by atoms with Gasteiger partial charge < -0.3 is 20.9 Å². The van der Waals surface area contributed by atoms with Gasteiger partial charge in [0.1, 0.15) is 5.52 Å². The summed E-state index contributed by atoms with van der Waals surface area (Å²) in [5.74, 6) is 0.811. The number of rotatable bonds is 10. The van der Waals surface area contributed by atoms with Crippen LogP contribution in [-0.4, -0.2) is 74.6 Å². The van der Waals surface area contributed by atoms with Crippen molar-refractivity contribution in [1.82, 2.24) is 29.3 Å². The molecule has 9 nitrogen and oxygen atoms in total. The Bertz CT molecular complexity index is 893. The molecule has 1 saturated carbocycles. The molecule has 2 aromatic rings. The third kappa shape index (κ3) is 5.38. The molecule has 0 unspecified atom stereocenters. The lowest BCUT2D eigenvalue weighted by Gasteiger charge is -2.38. The fraction of sp³-hybridized carbons (Fsp3) is 0.773. The molecule has 2 aliphatic rings. The van der Waals surface area contributed by atoms with E-state index in [4.69, 9.17) is 5.73 Å². The Morgan fingerprint density at radius 3 is 2.55 bits per heavy atom. The Kier molecular flexibility index (Phi) is 7.45. The van der Waals surface area contributed by atoms with E-state index < -0.39 is 0 Å². The van der Waals surface area contributed by atoms with E-state index >= 15 is 0 Å². The molecular formula is C22H38N8O. The number of imidazole rings is 1. The number of anilines is 2. The topological polar surface area (TPSA) is 108 Å². The highest BCUT2D eigenvalue weighted by Crippen LogP contribution is 2.24. The molecule has 0 amide bonds. The molecule has 0 bridgehead atoms. The molecule has 31 heavy (non-hydrogen) atoms. The van der Waals surface area contributed by atoms with Crippen LogP contribution in [0.1, 0.15) is 58.3 Å². The molecular weight excluding hydrogens is 392 g/mol. The first-order valence-corrected chi connectivity index (χ1v) is 12.1. The summed E-state index contributed by atoms with van der Waals surface area (Å²) in [7, 11) is 0. The van der Waals surface area contributed by atoms with Crippen LogP contribution in [0.2, 0.25) is 0 Å². The van der Waals surface area contributed by atoms with Crippen molar-refractivity contribution in [3.8, 4) is 0 Å². The minimum atomic E-state index is -0.160. The summed E-state index contributed by atoms with van der Waals surface area (Å²) in [4.78, 5) is 29.4. The molecule has 0 atom stereocenters. The maximum Gasteiger partial charge on any atom is 0.327 e. The van der Waals surface area contributed by atoms with E-state index in [2.05, 4.69) is 37.0 Å². The van der Waals surface area contributed by atoms with Crippen LogP contribution in [0.25, 0.3) is 11.2 Å². The predicted molar refractivity (Wildman–Crippen MR) is 125 cm³/mol. The van der Waals surface area contributed by atoms with Gasteiger partial charge in [-0.05, 0) is 38.6 Å². The lowest BCUT2D eigenvalue weighted by atomic mass is 10.1. The van der Waals surface area contributed by atoms with Crippen LogP contribution in [0.15, 0.2) is 4.79 Å². The Morgan fingerprint density at radius 1 is 1.06 bits per heavy atom. The SMILES string of the molecule is CCCCNc1nc(N)c2[nH]c(=O)n(CCCCN3CCN(C4CCCC4)CC3)c2n1. The van der Waals surface area contributed by atoms with Gasteiger partial charge in [0.2, 0.25) is 5.95 Å². The zero-order chi connectivity index (χ0) is 21.6. The Hall–Kier alpha value is -2.13. The molecule has 9 heteroatoms. The monoisotopic (exact) mass is 430 g/mol. The van der Waals surface area contributed by atoms with Gasteiger partial charge in [-0.25, -0.2) is 4.79 Å². The summed E-state index contributed by atoms with van der Waals surface area (Å²) in [6.45, 7) is 9.42. The van der Waals surface area contributed by atoms with Crippen LogP contribution >= 0.6 is 0 Å². The lowest BCUT2D eigenvalue weighted by Crippen LogP contribution is -2.49. The Balaban J connectivity index is 1.28. The Labute approximate surface area is 184 Å². The average Bonchev–Trinajstić information content (AvgIpc) is 3.41. The number of fused-ring (bicyclic) bond motifs is 1. The molecule has 3 heterocycles. The maximum absolute atomic E-state index is 12.5. The number of nitrogens with one attached hydrogen (secondary N) is 2. The molecule has 0 radical (unpaired) electrons. The van der Waals surface area contributed by atoms with Crippen molar-refractivity contribution in [1.29, 1.82) is 0 Å². The molecule has 0 aromatic carbocycles. The van der Waals surface area contributed by atoms with Crippen LogP contribution in [-0.2, 0) is 6.54 Å². The second kappa shape index (κ2) is 10.5. The van der Waals surface area contributed by atoms with E-state index in [9.17, 15) is 4.79 Å². The molecule has 4 N–H and O–H groups in total. The second-order valence-electron chi connectivity index (χ2n) is 9.02. The van der Waals surface area contributed by atoms with Gasteiger partial charge >= 0.3 is 5.69 Å². The summed E-state index contributed by atoms with van der Waals surface area (Å²) in [6, 6.07) is 0.840. The number of aryl methyl sites for hydroxylation is 1. The van der Waals surface area contributed by atoms with Crippen LogP contribution in [0.5, 0.6) is 0 Å². The zero-order valence-corrected chi connectivity index (χ0v) is 18.9. The fourth-order valence-corrected chi connectivity index (χ4v) is 4.94. The number of H-pyrrole nitrogens is 1. The minimum absolute atomic E-state index is 0.160. The zero-order valence-electron chi connectivity index (χ0n) is 18.9. The van der Waals surface area contributed by atoms with Crippen LogP contribution in [0, 0.1) is 0 Å². The number of hydrogen-bond acceptors (Lipinski definition) is 7. The van der Waals surface area contributed by atoms with Crippen molar-refractivity contribution in [2.45, 2.75) is 70.9 Å². The normalized spacial score (nSPS) is 18.9. The van der Waals surface area contributed by atoms with E-state index in [1.807, 2.05) is 0 Å². The quantitative estimate of drug-likeness (QED) is 0.496. The van der Waals surface area contributed by atoms with Gasteiger partial charge in [-0.1, -0.05) is 26.2 Å². The van der Waals surface area contributed by atoms with E-state index in [1.165, 1.54) is 51.9 Å². The van der Waals surface area contributed by atoms with Crippen LogP contribution in [0.3, 0.4) is 0 Å². The first-order valence-electron chi connectivity index (χ1n) is 12.1. The van der Waals surface area contributed by atoms with Crippen molar-refractivity contribution < 1.29 is 0 Å². The number of aromatic nitrogens is 4. The maximum atomic E-state index is 12.5. The summed E-state index contributed by atoms with van der Waals surface area (Å²) < 4.78 is 1.70. The average molecular weight is 431 g/mol. The number of nitrogens with zero attached hydrogens (tertiary/aromatic N) is 5. The number of hydrogen-bond donors (Lipinski definition) is 3. The van der Waals surface area contributed by atoms with Crippen LogP contribution < -0.4 is 16.7 Å². The Morgan fingerprint density at radius 2 is 1.81 bits per heavy atom. The summed E-state index contributed by atoms with van der Waals surface area (Å²) in [5, 5.41) is 3.21. The highest BCUT2D eigenvalue weighted by atomic mass is 16.1. The number of unbranched alkanes of at least 4 members (excludes halogenated alkanes) is 2. The molecule has 2 aromatic heterocycles. The van der Waals surface area contributed by atoms with E-state index in [0.717, 1.165) is 44.8 Å². The van der Waals surface area contributed by atoms with Crippen molar-refractivity contribution in [2.24, 2.45) is 0 Å². The smallest absolute Gasteiger partial charge is 0.327 e. The molecule has 1 saturated heterocycles. The van der Waals surface area contributed by atoms with Gasteiger partial charge in [0.25, 0.3) is 0 Å². The predicted octanol–water partition coefficient (Wildman–Crippen LogP) is 2.25. The van der Waals surface area contributed by atoms with Gasteiger partial charge in [-0.15, -0.1) is 0 Å². The van der Waals surface area contributed by atoms with E-state index in [0.29, 0.717) is 29.5 Å². The summed E-state index contributed by atoms with van der Waals surface area (Å²) in [6.07, 6.45) is 9.75. The molecule has 0 spiro atoms. The molecule has 1 aliphatic heterocycles. The van der Waals surface area contributed by atoms with E-state index in [1.54, 1.807) is 4.57 Å². The van der Waals surface area contributed by atoms with Gasteiger partial charge in [0.15, 0.2) is 11.5 Å². The summed E-state index contributed by atoms with van der Waals surface area (Å²) >= 11 is 0. The van der Waals surface area contributed by atoms with E-state index in [-0.39, 0.29) is 5.69 Å². The van der Waals surface area contributed by atoms with Crippen molar-refractivity contribution >= 4 is 22.9 Å². The molecule has 1 aliphatic carbocycles. The van der Waals surface area contributed by atoms with Gasteiger partial charge in [-0.2, -0.15) is 9.97 Å². The first-order chi connectivity index (χ1) is 15.2. The molecule has 4 rings (SSSR count). The van der Waals surface area contributed by atoms with Crippen molar-refractivity contribution in [3.05, 3.63) is 10.5 Å². The fourth-order valence-electron chi connectivity index (χ4n) is 4.94. The third-order valence-corrected chi connectivity index (χ3v) is 6.82. The van der Waals surface area contributed by atoms with Gasteiger partial charge in [0, 0.05) is 45.3 Å². The number of piperazine rings is 1. The number of aromatic amines is 1. The van der Waals surface area contributed by atoms with Gasteiger partial charge in [-0.3, -0.25) is 9.47 Å². The second-order valence-corrected chi connectivity index (χ2v) is 9.02. The highest BCUT2D eigenvalue weighted by molar-refractivity contribution is 5.82. The van der Waals surface area contributed by atoms with Crippen molar-refractivity contribution in [2.75, 3.05) is 50.3 Å². The van der Waals surface area contributed by atoms with Crippen molar-refractivity contribution in [3.63, 3.8) is 0 Å². The highest BCUT2D eigenvalue weighted by Gasteiger charge is 2.25. The first kappa shape index (κ1) is 22.1. The number of nitrogen functional groups attached to an aromatic ring is 1. The minimum Gasteiger partial charge on any atom is -0.382 e. The lowest BCUT2D eigenvalue weighted by molar-refractivity contribution is 0.0966. The number of nitrogens with two attached hydrogens (primary N) is 1. The molecule has 172 valence electrons. The van der Waals surface area contributed by atoms with Gasteiger partial charge in [0.05, 0.1) is 0 Å². The van der Waals surface area contributed by atoms with Crippen LogP contribution in [0.4, 0.5) is 11.8 Å². The largest absolute Gasteiger partial charge is 0.382 e. The standard InChI is InChI=1S/C22H38N8O/c1-2-3-10-24-21-26-19(23)18-20(27-21)30(22(31)25-18)12-7-6-11-28-13-15-29(16-14-28)17-8-4-5-9-17/h17H,2-16H2,1H3,(H,25,31)(H3,23,24,26,27). The molecule has 2 fully saturated rings.